The molecule has 162 valence electrons. The van der Waals surface area contributed by atoms with Crippen molar-refractivity contribution in [2.24, 2.45) is 0 Å². The molecule has 4 rings (SSSR count). The van der Waals surface area contributed by atoms with Crippen molar-refractivity contribution in [3.05, 3.63) is 60.3 Å². The molecule has 31 heavy (non-hydrogen) atoms. The Hall–Kier alpha value is -3.33. The van der Waals surface area contributed by atoms with Crippen molar-refractivity contribution >= 4 is 21.4 Å². The number of para-hydroxylation sites is 2. The smallest absolute Gasteiger partial charge is 0.276 e. The highest BCUT2D eigenvalue weighted by molar-refractivity contribution is 7.90. The number of hydrogen-bond acceptors (Lipinski definition) is 7. The average molecular weight is 442 g/mol. The summed E-state index contributed by atoms with van der Waals surface area (Å²) in [6, 6.07) is 15.7. The number of nitrogens with zero attached hydrogens (tertiary/aromatic N) is 3. The van der Waals surface area contributed by atoms with Gasteiger partial charge in [0.25, 0.3) is 5.91 Å². The van der Waals surface area contributed by atoms with Crippen molar-refractivity contribution in [1.82, 2.24) is 10.1 Å². The number of anilines is 1. The fourth-order valence-electron chi connectivity index (χ4n) is 3.58. The Bertz CT molecular complexity index is 1180. The number of ether oxygens (including phenoxy) is 1. The van der Waals surface area contributed by atoms with Crippen molar-refractivity contribution in [3.8, 4) is 17.1 Å². The Balaban J connectivity index is 1.43. The fraction of sp³-hybridized carbons (Fsp3) is 0.273. The van der Waals surface area contributed by atoms with Crippen LogP contribution in [0.1, 0.15) is 10.5 Å². The second-order valence-corrected chi connectivity index (χ2v) is 9.34. The van der Waals surface area contributed by atoms with E-state index in [0.29, 0.717) is 37.5 Å². The standard InChI is InChI=1S/C22H23N3O5S/c1-29-20-6-4-3-5-19(20)24-11-13-25(14-12-24)22(26)18-15-21(30-23-18)16-7-9-17(10-8-16)31(2,27)28/h3-10,15H,11-14H2,1-2H3. The van der Waals surface area contributed by atoms with Crippen LogP contribution in [-0.4, -0.2) is 63.9 Å². The van der Waals surface area contributed by atoms with Gasteiger partial charge < -0.3 is 19.1 Å². The van der Waals surface area contributed by atoms with Crippen molar-refractivity contribution < 1.29 is 22.5 Å². The maximum Gasteiger partial charge on any atom is 0.276 e. The molecule has 1 saturated heterocycles. The van der Waals surface area contributed by atoms with Gasteiger partial charge in [0.1, 0.15) is 5.75 Å². The molecular formula is C22H23N3O5S. The first-order valence-corrected chi connectivity index (χ1v) is 11.7. The van der Waals surface area contributed by atoms with Gasteiger partial charge in [0.15, 0.2) is 21.3 Å². The second kappa shape index (κ2) is 8.43. The summed E-state index contributed by atoms with van der Waals surface area (Å²) in [4.78, 5) is 17.0. The SMILES string of the molecule is COc1ccccc1N1CCN(C(=O)c2cc(-c3ccc(S(C)(=O)=O)cc3)on2)CC1. The molecule has 9 heteroatoms. The molecule has 2 heterocycles. The summed E-state index contributed by atoms with van der Waals surface area (Å²) in [5, 5.41) is 3.93. The normalized spacial score (nSPS) is 14.5. The van der Waals surface area contributed by atoms with E-state index in [1.807, 2.05) is 24.3 Å². The van der Waals surface area contributed by atoms with Crippen molar-refractivity contribution in [3.63, 3.8) is 0 Å². The molecular weight excluding hydrogens is 418 g/mol. The van der Waals surface area contributed by atoms with Gasteiger partial charge in [-0.25, -0.2) is 8.42 Å². The molecule has 1 aromatic heterocycles. The van der Waals surface area contributed by atoms with Gasteiger partial charge in [-0.05, 0) is 36.4 Å². The van der Waals surface area contributed by atoms with Gasteiger partial charge in [-0.15, -0.1) is 0 Å². The summed E-state index contributed by atoms with van der Waals surface area (Å²) < 4.78 is 34.0. The van der Waals surface area contributed by atoms with Crippen LogP contribution in [0, 0.1) is 0 Å². The van der Waals surface area contributed by atoms with Gasteiger partial charge in [0.05, 0.1) is 17.7 Å². The molecule has 8 nitrogen and oxygen atoms in total. The molecule has 0 spiro atoms. The van der Waals surface area contributed by atoms with Crippen LogP contribution in [0.5, 0.6) is 5.75 Å². The van der Waals surface area contributed by atoms with Gasteiger partial charge in [0.2, 0.25) is 0 Å². The number of hydrogen-bond donors (Lipinski definition) is 0. The summed E-state index contributed by atoms with van der Waals surface area (Å²) in [5.41, 5.74) is 1.89. The predicted molar refractivity (Wildman–Crippen MR) is 116 cm³/mol. The van der Waals surface area contributed by atoms with E-state index in [-0.39, 0.29) is 16.5 Å². The van der Waals surface area contributed by atoms with Gasteiger partial charge in [-0.1, -0.05) is 17.3 Å². The minimum Gasteiger partial charge on any atom is -0.495 e. The Morgan fingerprint density at radius 2 is 1.71 bits per heavy atom. The molecule has 0 atom stereocenters. The Labute approximate surface area is 180 Å². The highest BCUT2D eigenvalue weighted by atomic mass is 32.2. The lowest BCUT2D eigenvalue weighted by molar-refractivity contribution is 0.0736. The van der Waals surface area contributed by atoms with Crippen LogP contribution in [0.2, 0.25) is 0 Å². The minimum absolute atomic E-state index is 0.192. The van der Waals surface area contributed by atoms with E-state index >= 15 is 0 Å². The van der Waals surface area contributed by atoms with Gasteiger partial charge >= 0.3 is 0 Å². The Kier molecular flexibility index (Phi) is 5.69. The molecule has 2 aromatic carbocycles. The van der Waals surface area contributed by atoms with Crippen LogP contribution in [0.3, 0.4) is 0 Å². The molecule has 3 aromatic rings. The van der Waals surface area contributed by atoms with E-state index in [1.165, 1.54) is 12.1 Å². The van der Waals surface area contributed by atoms with E-state index in [9.17, 15) is 13.2 Å². The number of carbonyl (C=O) groups is 1. The van der Waals surface area contributed by atoms with Crippen LogP contribution in [0.25, 0.3) is 11.3 Å². The predicted octanol–water partition coefficient (Wildman–Crippen LogP) is 2.72. The second-order valence-electron chi connectivity index (χ2n) is 7.32. The lowest BCUT2D eigenvalue weighted by Gasteiger charge is -2.36. The summed E-state index contributed by atoms with van der Waals surface area (Å²) in [6.07, 6.45) is 1.15. The van der Waals surface area contributed by atoms with Crippen LogP contribution in [0.15, 0.2) is 64.0 Å². The highest BCUT2D eigenvalue weighted by Crippen LogP contribution is 2.29. The largest absolute Gasteiger partial charge is 0.495 e. The Morgan fingerprint density at radius 3 is 2.35 bits per heavy atom. The first-order valence-electron chi connectivity index (χ1n) is 9.81. The van der Waals surface area contributed by atoms with Crippen LogP contribution < -0.4 is 9.64 Å². The molecule has 0 bridgehead atoms. The molecule has 0 N–H and O–H groups in total. The molecule has 1 amide bonds. The number of aromatic nitrogens is 1. The molecule has 1 aliphatic heterocycles. The monoisotopic (exact) mass is 441 g/mol. The topological polar surface area (TPSA) is 93.0 Å². The maximum absolute atomic E-state index is 12.9. The molecule has 1 aliphatic rings. The molecule has 1 fully saturated rings. The van der Waals surface area contributed by atoms with Crippen molar-refractivity contribution in [2.45, 2.75) is 4.90 Å². The van der Waals surface area contributed by atoms with Crippen LogP contribution in [-0.2, 0) is 9.84 Å². The quantitative estimate of drug-likeness (QED) is 0.601. The zero-order valence-corrected chi connectivity index (χ0v) is 18.1. The summed E-state index contributed by atoms with van der Waals surface area (Å²) in [6.45, 7) is 2.48. The molecule has 0 radical (unpaired) electrons. The molecule has 0 unspecified atom stereocenters. The maximum atomic E-state index is 12.9. The first-order chi connectivity index (χ1) is 14.9. The third-order valence-corrected chi connectivity index (χ3v) is 6.42. The summed E-state index contributed by atoms with van der Waals surface area (Å²) in [7, 11) is -1.62. The average Bonchev–Trinajstić information content (AvgIpc) is 3.28. The van der Waals surface area contributed by atoms with E-state index in [0.717, 1.165) is 17.7 Å². The number of piperazine rings is 1. The lowest BCUT2D eigenvalue weighted by Crippen LogP contribution is -2.49. The number of benzene rings is 2. The van der Waals surface area contributed by atoms with E-state index in [4.69, 9.17) is 9.26 Å². The third kappa shape index (κ3) is 4.41. The van der Waals surface area contributed by atoms with Crippen LogP contribution >= 0.6 is 0 Å². The zero-order valence-electron chi connectivity index (χ0n) is 17.3. The third-order valence-electron chi connectivity index (χ3n) is 5.29. The van der Waals surface area contributed by atoms with Gasteiger partial charge in [-0.2, -0.15) is 0 Å². The first kappa shape index (κ1) is 20.9. The minimum atomic E-state index is -3.27. The van der Waals surface area contributed by atoms with Crippen LogP contribution in [0.4, 0.5) is 5.69 Å². The molecule has 0 saturated carbocycles. The summed E-state index contributed by atoms with van der Waals surface area (Å²) >= 11 is 0. The zero-order chi connectivity index (χ0) is 22.0. The van der Waals surface area contributed by atoms with E-state index in [1.54, 1.807) is 30.2 Å². The van der Waals surface area contributed by atoms with E-state index in [2.05, 4.69) is 10.1 Å². The Morgan fingerprint density at radius 1 is 1.03 bits per heavy atom. The van der Waals surface area contributed by atoms with Gasteiger partial charge in [0, 0.05) is 44.1 Å². The molecule has 0 aliphatic carbocycles. The number of sulfone groups is 1. The lowest BCUT2D eigenvalue weighted by atomic mass is 10.1. The van der Waals surface area contributed by atoms with E-state index < -0.39 is 9.84 Å². The highest BCUT2D eigenvalue weighted by Gasteiger charge is 2.26. The van der Waals surface area contributed by atoms with Crippen molar-refractivity contribution in [2.75, 3.05) is 44.4 Å². The van der Waals surface area contributed by atoms with Gasteiger partial charge in [-0.3, -0.25) is 4.79 Å². The fourth-order valence-corrected chi connectivity index (χ4v) is 4.21. The number of methoxy groups -OCH3 is 1. The number of rotatable bonds is 5. The summed E-state index contributed by atoms with van der Waals surface area (Å²) in [5.74, 6) is 1.03. The van der Waals surface area contributed by atoms with Crippen molar-refractivity contribution in [1.29, 1.82) is 0 Å². The number of carbonyl (C=O) groups excluding carboxylic acids is 1. The number of amides is 1.